The third kappa shape index (κ3) is 4.47. The Labute approximate surface area is 174 Å². The van der Waals surface area contributed by atoms with Gasteiger partial charge in [0, 0.05) is 32.2 Å². The van der Waals surface area contributed by atoms with Crippen LogP contribution >= 0.6 is 15.9 Å². The number of hydrogen-bond acceptors (Lipinski definition) is 4. The maximum atomic E-state index is 14.1. The number of halogens is 2. The summed E-state index contributed by atoms with van der Waals surface area (Å²) >= 11 is 3.20. The topological polar surface area (TPSA) is 41.4 Å². The zero-order chi connectivity index (χ0) is 20.3. The summed E-state index contributed by atoms with van der Waals surface area (Å²) in [4.78, 5) is 22.9. The highest BCUT2D eigenvalue weighted by Gasteiger charge is 2.27. The van der Waals surface area contributed by atoms with Crippen molar-refractivity contribution in [2.24, 2.45) is 0 Å². The molecule has 154 valence electrons. The molecule has 7 heteroatoms. The van der Waals surface area contributed by atoms with Gasteiger partial charge in [-0.3, -0.25) is 14.3 Å². The van der Waals surface area contributed by atoms with Gasteiger partial charge in [-0.15, -0.1) is 0 Å². The fourth-order valence-corrected chi connectivity index (χ4v) is 4.40. The van der Waals surface area contributed by atoms with Crippen LogP contribution in [0.5, 0.6) is 0 Å². The molecule has 0 bridgehead atoms. The lowest BCUT2D eigenvalue weighted by Crippen LogP contribution is -2.37. The summed E-state index contributed by atoms with van der Waals surface area (Å²) in [6.45, 7) is 8.89. The van der Waals surface area contributed by atoms with Crippen LogP contribution in [0.4, 0.5) is 4.39 Å². The van der Waals surface area contributed by atoms with Crippen LogP contribution in [0.3, 0.4) is 0 Å². The van der Waals surface area contributed by atoms with Gasteiger partial charge in [0.25, 0.3) is 5.56 Å². The normalized spacial score (nSPS) is 17.8. The van der Waals surface area contributed by atoms with Crippen LogP contribution < -0.4 is 5.56 Å². The largest absolute Gasteiger partial charge is 0.305 e. The number of nitrogens with zero attached hydrogens (tertiary/aromatic N) is 4. The lowest BCUT2D eigenvalue weighted by Gasteiger charge is -2.31. The molecule has 1 atom stereocenters. The number of aromatic nitrogens is 2. The number of benzene rings is 1. The molecular formula is C21H30BrFN4O. The van der Waals surface area contributed by atoms with Crippen molar-refractivity contribution in [3.8, 4) is 0 Å². The third-order valence-electron chi connectivity index (χ3n) is 5.53. The standard InChI is InChI=1S/C21H30BrFN4O/c1-4-7-19(26-10-6-9-25(3)11-12-26)20-24-18-14-17(23)16(22)13-15(18)21(28)27(20)8-5-2/h13-14,19H,4-12H2,1-3H3. The van der Waals surface area contributed by atoms with Crippen molar-refractivity contribution in [2.75, 3.05) is 33.2 Å². The first kappa shape index (κ1) is 21.4. The number of rotatable bonds is 6. The Morgan fingerprint density at radius 2 is 1.96 bits per heavy atom. The van der Waals surface area contributed by atoms with Crippen molar-refractivity contribution in [3.63, 3.8) is 0 Å². The minimum atomic E-state index is -0.387. The lowest BCUT2D eigenvalue weighted by molar-refractivity contribution is 0.179. The second kappa shape index (κ2) is 9.46. The van der Waals surface area contributed by atoms with Crippen LogP contribution in [-0.4, -0.2) is 52.6 Å². The van der Waals surface area contributed by atoms with Gasteiger partial charge in [-0.05, 0) is 54.9 Å². The van der Waals surface area contributed by atoms with E-state index in [4.69, 9.17) is 4.98 Å². The molecule has 0 amide bonds. The van der Waals surface area contributed by atoms with Crippen molar-refractivity contribution in [1.29, 1.82) is 0 Å². The molecule has 5 nitrogen and oxygen atoms in total. The monoisotopic (exact) mass is 452 g/mol. The van der Waals surface area contributed by atoms with Crippen LogP contribution in [0.1, 0.15) is 51.4 Å². The smallest absolute Gasteiger partial charge is 0.261 e. The van der Waals surface area contributed by atoms with E-state index in [2.05, 4.69) is 46.6 Å². The molecule has 0 saturated carbocycles. The summed E-state index contributed by atoms with van der Waals surface area (Å²) in [5.41, 5.74) is 0.372. The van der Waals surface area contributed by atoms with Gasteiger partial charge in [0.1, 0.15) is 11.6 Å². The molecule has 2 heterocycles. The maximum absolute atomic E-state index is 14.1. The van der Waals surface area contributed by atoms with Gasteiger partial charge in [0.2, 0.25) is 0 Å². The Balaban J connectivity index is 2.15. The van der Waals surface area contributed by atoms with E-state index in [1.165, 1.54) is 6.07 Å². The van der Waals surface area contributed by atoms with Crippen molar-refractivity contribution < 1.29 is 4.39 Å². The summed E-state index contributed by atoms with van der Waals surface area (Å²) in [5, 5.41) is 0.469. The van der Waals surface area contributed by atoms with E-state index in [9.17, 15) is 9.18 Å². The van der Waals surface area contributed by atoms with E-state index in [0.717, 1.165) is 57.7 Å². The third-order valence-corrected chi connectivity index (χ3v) is 6.14. The molecule has 1 unspecified atom stereocenters. The second-order valence-corrected chi connectivity index (χ2v) is 8.56. The Hall–Kier alpha value is -1.31. The molecule has 0 N–H and O–H groups in total. The first-order valence-electron chi connectivity index (χ1n) is 10.3. The van der Waals surface area contributed by atoms with E-state index in [1.54, 1.807) is 6.07 Å². The fraction of sp³-hybridized carbons (Fsp3) is 0.619. The Bertz CT molecular complexity index is 885. The summed E-state index contributed by atoms with van der Waals surface area (Å²) in [7, 11) is 2.15. The molecule has 2 aromatic rings. The summed E-state index contributed by atoms with van der Waals surface area (Å²) in [5.74, 6) is 0.398. The Kier molecular flexibility index (Phi) is 7.23. The predicted molar refractivity (Wildman–Crippen MR) is 115 cm³/mol. The van der Waals surface area contributed by atoms with E-state index in [-0.39, 0.29) is 17.4 Å². The van der Waals surface area contributed by atoms with Gasteiger partial charge >= 0.3 is 0 Å². The Morgan fingerprint density at radius 3 is 2.68 bits per heavy atom. The SMILES string of the molecule is CCCC(c1nc2cc(F)c(Br)cc2c(=O)n1CCC)N1CCCN(C)CC1. The van der Waals surface area contributed by atoms with Gasteiger partial charge in [-0.2, -0.15) is 0 Å². The van der Waals surface area contributed by atoms with Crippen LogP contribution in [-0.2, 0) is 6.54 Å². The molecule has 1 aromatic heterocycles. The zero-order valence-electron chi connectivity index (χ0n) is 17.0. The van der Waals surface area contributed by atoms with Crippen LogP contribution in [0.15, 0.2) is 21.4 Å². The molecular weight excluding hydrogens is 423 g/mol. The van der Waals surface area contributed by atoms with Gasteiger partial charge in [-0.25, -0.2) is 9.37 Å². The van der Waals surface area contributed by atoms with E-state index < -0.39 is 0 Å². The first-order chi connectivity index (χ1) is 13.5. The highest BCUT2D eigenvalue weighted by molar-refractivity contribution is 9.10. The van der Waals surface area contributed by atoms with E-state index in [1.807, 2.05) is 4.57 Å². The van der Waals surface area contributed by atoms with Gasteiger partial charge in [0.05, 0.1) is 21.4 Å². The van der Waals surface area contributed by atoms with Crippen molar-refractivity contribution >= 4 is 26.8 Å². The number of fused-ring (bicyclic) bond motifs is 1. The van der Waals surface area contributed by atoms with Crippen LogP contribution in [0.25, 0.3) is 10.9 Å². The molecule has 0 spiro atoms. The van der Waals surface area contributed by atoms with Gasteiger partial charge in [0.15, 0.2) is 0 Å². The first-order valence-corrected chi connectivity index (χ1v) is 11.1. The quantitative estimate of drug-likeness (QED) is 0.658. The average molecular weight is 453 g/mol. The molecule has 0 radical (unpaired) electrons. The molecule has 1 aliphatic heterocycles. The van der Waals surface area contributed by atoms with Gasteiger partial charge in [-0.1, -0.05) is 20.3 Å². The molecule has 1 aromatic carbocycles. The van der Waals surface area contributed by atoms with Crippen molar-refractivity contribution in [3.05, 3.63) is 38.6 Å². The molecule has 1 aliphatic rings. The second-order valence-electron chi connectivity index (χ2n) is 7.71. The van der Waals surface area contributed by atoms with Crippen molar-refractivity contribution in [2.45, 2.75) is 52.1 Å². The maximum Gasteiger partial charge on any atom is 0.261 e. The molecule has 28 heavy (non-hydrogen) atoms. The molecule has 1 fully saturated rings. The summed E-state index contributed by atoms with van der Waals surface area (Å²) in [6.07, 6.45) is 3.89. The van der Waals surface area contributed by atoms with Crippen LogP contribution in [0, 0.1) is 5.82 Å². The van der Waals surface area contributed by atoms with E-state index >= 15 is 0 Å². The molecule has 3 rings (SSSR count). The van der Waals surface area contributed by atoms with Crippen LogP contribution in [0.2, 0.25) is 0 Å². The molecule has 0 aliphatic carbocycles. The summed E-state index contributed by atoms with van der Waals surface area (Å²) in [6, 6.07) is 3.01. The minimum absolute atomic E-state index is 0.0735. The number of likely N-dealkylation sites (N-methyl/N-ethyl adjacent to an activating group) is 1. The van der Waals surface area contributed by atoms with Crippen molar-refractivity contribution in [1.82, 2.24) is 19.4 Å². The zero-order valence-corrected chi connectivity index (χ0v) is 18.6. The summed E-state index contributed by atoms with van der Waals surface area (Å²) < 4.78 is 16.3. The number of hydrogen-bond donors (Lipinski definition) is 0. The fourth-order valence-electron chi connectivity index (χ4n) is 4.05. The Morgan fingerprint density at radius 1 is 1.18 bits per heavy atom. The molecule has 1 saturated heterocycles. The lowest BCUT2D eigenvalue weighted by atomic mass is 10.1. The van der Waals surface area contributed by atoms with E-state index in [0.29, 0.717) is 21.9 Å². The average Bonchev–Trinajstić information content (AvgIpc) is 2.88. The predicted octanol–water partition coefficient (Wildman–Crippen LogP) is 4.19. The minimum Gasteiger partial charge on any atom is -0.305 e. The van der Waals surface area contributed by atoms with Gasteiger partial charge < -0.3 is 4.90 Å². The highest BCUT2D eigenvalue weighted by atomic mass is 79.9. The highest BCUT2D eigenvalue weighted by Crippen LogP contribution is 2.28.